The SMILES string of the molecule is COc1cccc([C@H](CNC(=O)CNC(=O)[C@H]2C[C@H]2C)c2c[nH]c3ccccc23)c1OC. The lowest BCUT2D eigenvalue weighted by Gasteiger charge is -2.22. The van der Waals surface area contributed by atoms with Crippen LogP contribution in [-0.4, -0.2) is 44.1 Å². The average Bonchev–Trinajstić information content (AvgIpc) is 3.40. The summed E-state index contributed by atoms with van der Waals surface area (Å²) in [4.78, 5) is 27.9. The molecule has 1 aromatic heterocycles. The molecule has 3 N–H and O–H groups in total. The van der Waals surface area contributed by atoms with Gasteiger partial charge in [-0.3, -0.25) is 9.59 Å². The average molecular weight is 436 g/mol. The van der Waals surface area contributed by atoms with Gasteiger partial charge in [0.2, 0.25) is 11.8 Å². The van der Waals surface area contributed by atoms with E-state index in [0.717, 1.165) is 28.5 Å². The van der Waals surface area contributed by atoms with Gasteiger partial charge in [-0.2, -0.15) is 0 Å². The molecule has 2 aromatic carbocycles. The third-order valence-electron chi connectivity index (χ3n) is 6.18. The highest BCUT2D eigenvalue weighted by Crippen LogP contribution is 2.40. The Hall–Kier alpha value is -3.48. The topological polar surface area (TPSA) is 92.5 Å². The second kappa shape index (κ2) is 9.34. The summed E-state index contributed by atoms with van der Waals surface area (Å²) in [5.41, 5.74) is 2.97. The summed E-state index contributed by atoms with van der Waals surface area (Å²) in [6, 6.07) is 13.8. The Morgan fingerprint density at radius 3 is 2.56 bits per heavy atom. The number of aromatic nitrogens is 1. The molecule has 168 valence electrons. The van der Waals surface area contributed by atoms with Crippen molar-refractivity contribution in [3.05, 3.63) is 59.8 Å². The van der Waals surface area contributed by atoms with Gasteiger partial charge < -0.3 is 25.1 Å². The molecule has 4 rings (SSSR count). The van der Waals surface area contributed by atoms with E-state index in [-0.39, 0.29) is 30.2 Å². The second-order valence-corrected chi connectivity index (χ2v) is 8.27. The van der Waals surface area contributed by atoms with Crippen molar-refractivity contribution < 1.29 is 19.1 Å². The third-order valence-corrected chi connectivity index (χ3v) is 6.18. The van der Waals surface area contributed by atoms with Crippen molar-refractivity contribution in [2.45, 2.75) is 19.3 Å². The van der Waals surface area contributed by atoms with Crippen LogP contribution < -0.4 is 20.1 Å². The van der Waals surface area contributed by atoms with Gasteiger partial charge in [0, 0.05) is 41.0 Å². The van der Waals surface area contributed by atoms with E-state index in [1.807, 2.05) is 49.5 Å². The summed E-state index contributed by atoms with van der Waals surface area (Å²) in [6.07, 6.45) is 2.86. The number of fused-ring (bicyclic) bond motifs is 1. The molecule has 2 amide bonds. The van der Waals surface area contributed by atoms with Crippen molar-refractivity contribution in [3.63, 3.8) is 0 Å². The molecule has 1 fully saturated rings. The second-order valence-electron chi connectivity index (χ2n) is 8.27. The molecule has 3 aromatic rings. The fourth-order valence-corrected chi connectivity index (χ4v) is 4.22. The minimum atomic E-state index is -0.224. The van der Waals surface area contributed by atoms with Gasteiger partial charge in [-0.05, 0) is 30.0 Å². The number of nitrogens with one attached hydrogen (secondary N) is 3. The number of hydrogen-bond acceptors (Lipinski definition) is 4. The Morgan fingerprint density at radius 2 is 1.84 bits per heavy atom. The number of aromatic amines is 1. The largest absolute Gasteiger partial charge is 0.493 e. The van der Waals surface area contributed by atoms with Crippen LogP contribution in [0.5, 0.6) is 11.5 Å². The van der Waals surface area contributed by atoms with E-state index in [1.165, 1.54) is 0 Å². The zero-order valence-corrected chi connectivity index (χ0v) is 18.6. The van der Waals surface area contributed by atoms with Crippen molar-refractivity contribution in [1.29, 1.82) is 0 Å². The number of para-hydroxylation sites is 2. The van der Waals surface area contributed by atoms with Crippen LogP contribution in [0, 0.1) is 11.8 Å². The number of amides is 2. The van der Waals surface area contributed by atoms with E-state index in [2.05, 4.69) is 21.7 Å². The molecular weight excluding hydrogens is 406 g/mol. The van der Waals surface area contributed by atoms with Gasteiger partial charge in [-0.25, -0.2) is 0 Å². The summed E-state index contributed by atoms with van der Waals surface area (Å²) in [5, 5.41) is 6.80. The number of hydrogen-bond donors (Lipinski definition) is 3. The first kappa shape index (κ1) is 21.7. The zero-order chi connectivity index (χ0) is 22.7. The Kier molecular flexibility index (Phi) is 6.35. The number of benzene rings is 2. The third kappa shape index (κ3) is 4.42. The molecule has 0 aliphatic heterocycles. The normalized spacial score (nSPS) is 18.1. The summed E-state index contributed by atoms with van der Waals surface area (Å²) < 4.78 is 11.2. The lowest BCUT2D eigenvalue weighted by molar-refractivity contribution is -0.127. The van der Waals surface area contributed by atoms with Crippen LogP contribution in [0.15, 0.2) is 48.7 Å². The molecule has 1 saturated carbocycles. The van der Waals surface area contributed by atoms with Gasteiger partial charge in [-0.15, -0.1) is 0 Å². The summed E-state index contributed by atoms with van der Waals surface area (Å²) in [7, 11) is 3.22. The smallest absolute Gasteiger partial charge is 0.239 e. The van der Waals surface area contributed by atoms with E-state index in [4.69, 9.17) is 9.47 Å². The Balaban J connectivity index is 1.57. The minimum Gasteiger partial charge on any atom is -0.493 e. The number of carbonyl (C=O) groups is 2. The standard InChI is InChI=1S/C25H29N3O4/c1-15-11-18(15)25(30)28-14-23(29)27-13-20(17-8-6-10-22(31-2)24(17)32-3)19-12-26-21-9-5-4-7-16(19)21/h4-10,12,15,18,20,26H,11,13-14H2,1-3H3,(H,27,29)(H,28,30)/t15-,18+,20+/m1/s1. The molecule has 0 radical (unpaired) electrons. The van der Waals surface area contributed by atoms with Gasteiger partial charge in [-0.1, -0.05) is 37.3 Å². The van der Waals surface area contributed by atoms with Crippen LogP contribution in [0.3, 0.4) is 0 Å². The summed E-state index contributed by atoms with van der Waals surface area (Å²) >= 11 is 0. The molecule has 7 nitrogen and oxygen atoms in total. The van der Waals surface area contributed by atoms with E-state index in [0.29, 0.717) is 24.0 Å². The van der Waals surface area contributed by atoms with Crippen molar-refractivity contribution in [1.82, 2.24) is 15.6 Å². The molecular formula is C25H29N3O4. The van der Waals surface area contributed by atoms with Crippen LogP contribution in [-0.2, 0) is 9.59 Å². The van der Waals surface area contributed by atoms with Crippen molar-refractivity contribution >= 4 is 22.7 Å². The number of H-pyrrole nitrogens is 1. The first-order valence-electron chi connectivity index (χ1n) is 10.8. The minimum absolute atomic E-state index is 0.0299. The molecule has 32 heavy (non-hydrogen) atoms. The molecule has 7 heteroatoms. The van der Waals surface area contributed by atoms with E-state index >= 15 is 0 Å². The molecule has 3 atom stereocenters. The maximum atomic E-state index is 12.5. The van der Waals surface area contributed by atoms with Gasteiger partial charge >= 0.3 is 0 Å². The van der Waals surface area contributed by atoms with E-state index < -0.39 is 0 Å². The van der Waals surface area contributed by atoms with Crippen LogP contribution in [0.25, 0.3) is 10.9 Å². The van der Waals surface area contributed by atoms with Crippen molar-refractivity contribution in [2.24, 2.45) is 11.8 Å². The lowest BCUT2D eigenvalue weighted by atomic mass is 9.90. The fourth-order valence-electron chi connectivity index (χ4n) is 4.22. The lowest BCUT2D eigenvalue weighted by Crippen LogP contribution is -2.39. The Labute approximate surface area is 187 Å². The van der Waals surface area contributed by atoms with E-state index in [9.17, 15) is 9.59 Å². The van der Waals surface area contributed by atoms with Crippen LogP contribution in [0.4, 0.5) is 0 Å². The number of ether oxygens (including phenoxy) is 2. The monoisotopic (exact) mass is 435 g/mol. The predicted molar refractivity (Wildman–Crippen MR) is 123 cm³/mol. The Morgan fingerprint density at radius 1 is 1.06 bits per heavy atom. The van der Waals surface area contributed by atoms with Crippen LogP contribution in [0.2, 0.25) is 0 Å². The number of methoxy groups -OCH3 is 2. The number of carbonyl (C=O) groups excluding carboxylic acids is 2. The molecule has 0 spiro atoms. The molecule has 1 aliphatic carbocycles. The van der Waals surface area contributed by atoms with Crippen LogP contribution >= 0.6 is 0 Å². The number of rotatable bonds is 9. The van der Waals surface area contributed by atoms with Gasteiger partial charge in [0.05, 0.1) is 20.8 Å². The summed E-state index contributed by atoms with van der Waals surface area (Å²) in [5.74, 6) is 1.27. The van der Waals surface area contributed by atoms with Gasteiger partial charge in [0.1, 0.15) is 0 Å². The maximum absolute atomic E-state index is 12.5. The first-order valence-corrected chi connectivity index (χ1v) is 10.8. The highest BCUT2D eigenvalue weighted by atomic mass is 16.5. The van der Waals surface area contributed by atoms with Crippen molar-refractivity contribution in [2.75, 3.05) is 27.3 Å². The predicted octanol–water partition coefficient (Wildman–Crippen LogP) is 3.21. The highest BCUT2D eigenvalue weighted by Gasteiger charge is 2.39. The molecule has 0 bridgehead atoms. The highest BCUT2D eigenvalue weighted by molar-refractivity contribution is 5.87. The fraction of sp³-hybridized carbons (Fsp3) is 0.360. The Bertz CT molecular complexity index is 1120. The molecule has 1 aliphatic rings. The zero-order valence-electron chi connectivity index (χ0n) is 18.6. The van der Waals surface area contributed by atoms with E-state index in [1.54, 1.807) is 14.2 Å². The first-order chi connectivity index (χ1) is 15.5. The van der Waals surface area contributed by atoms with Gasteiger partial charge in [0.15, 0.2) is 11.5 Å². The van der Waals surface area contributed by atoms with Gasteiger partial charge in [0.25, 0.3) is 0 Å². The molecule has 1 heterocycles. The quantitative estimate of drug-likeness (QED) is 0.481. The molecule has 0 unspecified atom stereocenters. The summed E-state index contributed by atoms with van der Waals surface area (Å²) in [6.45, 7) is 2.36. The van der Waals surface area contributed by atoms with Crippen LogP contribution in [0.1, 0.15) is 30.4 Å². The maximum Gasteiger partial charge on any atom is 0.239 e. The van der Waals surface area contributed by atoms with Crippen molar-refractivity contribution in [3.8, 4) is 11.5 Å². The molecule has 0 saturated heterocycles.